The third-order valence-corrected chi connectivity index (χ3v) is 4.50. The minimum absolute atomic E-state index is 0.564. The summed E-state index contributed by atoms with van der Waals surface area (Å²) in [6.45, 7) is 4.83. The van der Waals surface area contributed by atoms with Crippen LogP contribution in [-0.4, -0.2) is 15.0 Å². The highest BCUT2D eigenvalue weighted by molar-refractivity contribution is 5.66. The van der Waals surface area contributed by atoms with E-state index in [9.17, 15) is 0 Å². The average Bonchev–Trinajstić information content (AvgIpc) is 2.73. The maximum Gasteiger partial charge on any atom is 0.229 e. The number of hydrogen-bond donors (Lipinski definition) is 2. The molecule has 0 atom stereocenters. The number of benzene rings is 2. The van der Waals surface area contributed by atoms with Crippen molar-refractivity contribution in [3.8, 4) is 11.3 Å². The van der Waals surface area contributed by atoms with E-state index >= 15 is 0 Å². The van der Waals surface area contributed by atoms with E-state index in [0.29, 0.717) is 12.5 Å². The molecule has 4 rings (SSSR count). The Morgan fingerprint density at radius 3 is 2.24 bits per heavy atom. The number of rotatable bonds is 6. The monoisotopic (exact) mass is 381 g/mol. The van der Waals surface area contributed by atoms with E-state index in [4.69, 9.17) is 4.98 Å². The van der Waals surface area contributed by atoms with Crippen LogP contribution >= 0.6 is 0 Å². The molecule has 0 radical (unpaired) electrons. The van der Waals surface area contributed by atoms with Gasteiger partial charge < -0.3 is 10.6 Å². The molecule has 0 unspecified atom stereocenters. The number of hydrogen-bond acceptors (Lipinski definition) is 5. The summed E-state index contributed by atoms with van der Waals surface area (Å²) < 4.78 is 0. The quantitative estimate of drug-likeness (QED) is 0.461. The Morgan fingerprint density at radius 2 is 1.52 bits per heavy atom. The number of pyridine rings is 1. The van der Waals surface area contributed by atoms with Crippen molar-refractivity contribution in [1.29, 1.82) is 0 Å². The van der Waals surface area contributed by atoms with Gasteiger partial charge in [-0.05, 0) is 54.8 Å². The van der Waals surface area contributed by atoms with Crippen LogP contribution in [0.15, 0.2) is 79.1 Å². The van der Waals surface area contributed by atoms with Gasteiger partial charge in [-0.1, -0.05) is 36.4 Å². The third-order valence-electron chi connectivity index (χ3n) is 4.50. The van der Waals surface area contributed by atoms with Crippen molar-refractivity contribution < 1.29 is 0 Å². The molecule has 0 saturated heterocycles. The van der Waals surface area contributed by atoms with Crippen LogP contribution < -0.4 is 10.6 Å². The van der Waals surface area contributed by atoms with Gasteiger partial charge in [0.2, 0.25) is 5.95 Å². The van der Waals surface area contributed by atoms with Gasteiger partial charge in [0.25, 0.3) is 0 Å². The summed E-state index contributed by atoms with van der Waals surface area (Å²) in [5.74, 6) is 1.33. The molecule has 0 bridgehead atoms. The summed E-state index contributed by atoms with van der Waals surface area (Å²) in [5.41, 5.74) is 6.43. The molecular formula is C24H23N5. The zero-order valence-corrected chi connectivity index (χ0v) is 16.6. The van der Waals surface area contributed by atoms with Gasteiger partial charge in [0.15, 0.2) is 0 Å². The van der Waals surface area contributed by atoms with Gasteiger partial charge in [0.05, 0.1) is 5.69 Å². The predicted octanol–water partition coefficient (Wildman–Crippen LogP) is 5.51. The van der Waals surface area contributed by atoms with Crippen molar-refractivity contribution in [2.45, 2.75) is 20.4 Å². The third kappa shape index (κ3) is 4.96. The highest BCUT2D eigenvalue weighted by Crippen LogP contribution is 2.24. The second-order valence-electron chi connectivity index (χ2n) is 7.04. The Balaban J connectivity index is 1.65. The normalized spacial score (nSPS) is 10.6. The molecule has 144 valence electrons. The fourth-order valence-electron chi connectivity index (χ4n) is 3.22. The van der Waals surface area contributed by atoms with Crippen LogP contribution in [-0.2, 0) is 6.54 Å². The SMILES string of the molecule is Cc1cc(C)cc(Nc2nc(NCc3ccncc3)cc(-c3ccccc3)n2)c1. The van der Waals surface area contributed by atoms with Crippen molar-refractivity contribution in [2.24, 2.45) is 0 Å². The van der Waals surface area contributed by atoms with Crippen molar-refractivity contribution in [3.63, 3.8) is 0 Å². The van der Waals surface area contributed by atoms with Crippen LogP contribution in [0.3, 0.4) is 0 Å². The van der Waals surface area contributed by atoms with Gasteiger partial charge in [-0.2, -0.15) is 4.98 Å². The maximum atomic E-state index is 4.74. The van der Waals surface area contributed by atoms with Crippen LogP contribution in [0.2, 0.25) is 0 Å². The molecule has 2 aromatic heterocycles. The lowest BCUT2D eigenvalue weighted by Gasteiger charge is -2.12. The number of aryl methyl sites for hydroxylation is 2. The van der Waals surface area contributed by atoms with E-state index in [0.717, 1.165) is 28.3 Å². The Kier molecular flexibility index (Phi) is 5.47. The molecule has 0 aliphatic carbocycles. The summed E-state index contributed by atoms with van der Waals surface area (Å²) in [5, 5.41) is 6.76. The Labute approximate surface area is 170 Å². The van der Waals surface area contributed by atoms with E-state index in [1.807, 2.05) is 36.4 Å². The highest BCUT2D eigenvalue weighted by Gasteiger charge is 2.08. The number of nitrogens with one attached hydrogen (secondary N) is 2. The molecule has 0 fully saturated rings. The average molecular weight is 381 g/mol. The van der Waals surface area contributed by atoms with Crippen molar-refractivity contribution in [2.75, 3.05) is 10.6 Å². The molecule has 0 amide bonds. The second-order valence-corrected chi connectivity index (χ2v) is 7.04. The van der Waals surface area contributed by atoms with E-state index in [1.54, 1.807) is 12.4 Å². The smallest absolute Gasteiger partial charge is 0.229 e. The summed E-state index contributed by atoms with van der Waals surface area (Å²) >= 11 is 0. The van der Waals surface area contributed by atoms with Gasteiger partial charge in [-0.3, -0.25) is 4.98 Å². The number of aromatic nitrogens is 3. The zero-order valence-electron chi connectivity index (χ0n) is 16.6. The van der Waals surface area contributed by atoms with Crippen molar-refractivity contribution in [3.05, 3.63) is 95.8 Å². The maximum absolute atomic E-state index is 4.74. The summed E-state index contributed by atoms with van der Waals surface area (Å²) in [4.78, 5) is 13.5. The van der Waals surface area contributed by atoms with Gasteiger partial charge in [-0.25, -0.2) is 4.98 Å². The first kappa shape index (κ1) is 18.6. The molecule has 2 N–H and O–H groups in total. The molecule has 0 aliphatic rings. The summed E-state index contributed by atoms with van der Waals surface area (Å²) in [7, 11) is 0. The van der Waals surface area contributed by atoms with Crippen LogP contribution in [0, 0.1) is 13.8 Å². The Bertz CT molecular complexity index is 1070. The van der Waals surface area contributed by atoms with Gasteiger partial charge >= 0.3 is 0 Å². The first-order valence-electron chi connectivity index (χ1n) is 9.58. The topological polar surface area (TPSA) is 62.7 Å². The number of nitrogens with zero attached hydrogens (tertiary/aromatic N) is 3. The molecule has 4 aromatic rings. The number of anilines is 3. The molecule has 0 saturated carbocycles. The van der Waals surface area contributed by atoms with E-state index in [-0.39, 0.29) is 0 Å². The standard InChI is InChI=1S/C24H23N5/c1-17-12-18(2)14-21(13-17)27-24-28-22(20-6-4-3-5-7-20)15-23(29-24)26-16-19-8-10-25-11-9-19/h3-15H,16H2,1-2H3,(H2,26,27,28,29). The second kappa shape index (κ2) is 8.52. The first-order valence-corrected chi connectivity index (χ1v) is 9.58. The molecule has 5 heteroatoms. The first-order chi connectivity index (χ1) is 14.2. The predicted molar refractivity (Wildman–Crippen MR) is 118 cm³/mol. The lowest BCUT2D eigenvalue weighted by Crippen LogP contribution is -2.06. The fourth-order valence-corrected chi connectivity index (χ4v) is 3.22. The minimum Gasteiger partial charge on any atom is -0.366 e. The molecule has 29 heavy (non-hydrogen) atoms. The van der Waals surface area contributed by atoms with Crippen molar-refractivity contribution in [1.82, 2.24) is 15.0 Å². The Hall–Kier alpha value is -3.73. The van der Waals surface area contributed by atoms with Crippen LogP contribution in [0.25, 0.3) is 11.3 Å². The van der Waals surface area contributed by atoms with Crippen LogP contribution in [0.4, 0.5) is 17.5 Å². The van der Waals surface area contributed by atoms with Crippen LogP contribution in [0.5, 0.6) is 0 Å². The van der Waals surface area contributed by atoms with E-state index < -0.39 is 0 Å². The van der Waals surface area contributed by atoms with Gasteiger partial charge in [-0.15, -0.1) is 0 Å². The van der Waals surface area contributed by atoms with Gasteiger partial charge in [0.1, 0.15) is 5.82 Å². The minimum atomic E-state index is 0.564. The lowest BCUT2D eigenvalue weighted by atomic mass is 10.1. The molecule has 0 spiro atoms. The molecular weight excluding hydrogens is 358 g/mol. The van der Waals surface area contributed by atoms with E-state index in [2.05, 4.69) is 64.8 Å². The zero-order chi connectivity index (χ0) is 20.1. The molecule has 2 aromatic carbocycles. The van der Waals surface area contributed by atoms with Crippen LogP contribution in [0.1, 0.15) is 16.7 Å². The van der Waals surface area contributed by atoms with E-state index in [1.165, 1.54) is 11.1 Å². The fraction of sp³-hybridized carbons (Fsp3) is 0.125. The van der Waals surface area contributed by atoms with Gasteiger partial charge in [0, 0.05) is 36.3 Å². The van der Waals surface area contributed by atoms with Crippen molar-refractivity contribution >= 4 is 17.5 Å². The summed E-state index contributed by atoms with van der Waals surface area (Å²) in [6, 6.07) is 22.4. The molecule has 0 aliphatic heterocycles. The Morgan fingerprint density at radius 1 is 0.793 bits per heavy atom. The largest absolute Gasteiger partial charge is 0.366 e. The molecule has 2 heterocycles. The lowest BCUT2D eigenvalue weighted by molar-refractivity contribution is 1.08. The highest BCUT2D eigenvalue weighted by atomic mass is 15.1. The molecule has 5 nitrogen and oxygen atoms in total. The summed E-state index contributed by atoms with van der Waals surface area (Å²) in [6.07, 6.45) is 3.58.